The van der Waals surface area contributed by atoms with Gasteiger partial charge in [0.1, 0.15) is 17.2 Å². The normalized spacial score (nSPS) is 11.4. The molecule has 0 aliphatic rings. The van der Waals surface area contributed by atoms with Crippen molar-refractivity contribution >= 4 is 5.91 Å². The van der Waals surface area contributed by atoms with E-state index in [9.17, 15) is 4.79 Å². The summed E-state index contributed by atoms with van der Waals surface area (Å²) in [6.07, 6.45) is 0. The maximum atomic E-state index is 13.0. The van der Waals surface area contributed by atoms with Gasteiger partial charge in [-0.1, -0.05) is 36.4 Å². The number of ether oxygens (including phenoxy) is 3. The van der Waals surface area contributed by atoms with Crippen LogP contribution in [-0.4, -0.2) is 26.7 Å². The second-order valence-corrected chi connectivity index (χ2v) is 6.38. The minimum absolute atomic E-state index is 0.211. The van der Waals surface area contributed by atoms with Crippen LogP contribution in [0, 0.1) is 0 Å². The van der Waals surface area contributed by atoms with Crippen molar-refractivity contribution in [1.82, 2.24) is 5.32 Å². The van der Waals surface area contributed by atoms with Crippen LogP contribution in [0.5, 0.6) is 17.2 Å². The Hall–Kier alpha value is -3.47. The van der Waals surface area contributed by atoms with E-state index in [1.165, 1.54) is 0 Å². The Labute approximate surface area is 171 Å². The lowest BCUT2D eigenvalue weighted by Gasteiger charge is -2.21. The highest BCUT2D eigenvalue weighted by Crippen LogP contribution is 2.27. The Kier molecular flexibility index (Phi) is 6.74. The number of para-hydroxylation sites is 1. The van der Waals surface area contributed by atoms with Gasteiger partial charge in [-0.15, -0.1) is 0 Å². The second-order valence-electron chi connectivity index (χ2n) is 6.38. The molecule has 5 nitrogen and oxygen atoms in total. The number of rotatable bonds is 8. The van der Waals surface area contributed by atoms with Gasteiger partial charge < -0.3 is 19.5 Å². The molecule has 0 saturated heterocycles. The van der Waals surface area contributed by atoms with E-state index >= 15 is 0 Å². The Bertz CT molecular complexity index is 936. The van der Waals surface area contributed by atoms with Crippen molar-refractivity contribution in [1.29, 1.82) is 0 Å². The van der Waals surface area contributed by atoms with Crippen molar-refractivity contribution in [3.05, 3.63) is 89.5 Å². The summed E-state index contributed by atoms with van der Waals surface area (Å²) in [7, 11) is 3.18. The molecule has 1 atom stereocenters. The molecule has 1 N–H and O–H groups in total. The molecule has 3 rings (SSSR count). The SMILES string of the molecule is CCOc1ccc(C(NC(=O)c2ccccc2OC)c2ccc(OC)cc2)cc1. The minimum Gasteiger partial charge on any atom is -0.497 e. The predicted octanol–water partition coefficient (Wildman–Crippen LogP) is 4.62. The number of amides is 1. The average molecular weight is 391 g/mol. The third kappa shape index (κ3) is 4.88. The standard InChI is InChI=1S/C24H25NO4/c1-4-29-20-15-11-18(12-16-20)23(17-9-13-19(27-2)14-10-17)25-24(26)21-7-5-6-8-22(21)28-3/h5-16,23H,4H2,1-3H3,(H,25,26). The van der Waals surface area contributed by atoms with E-state index in [0.29, 0.717) is 17.9 Å². The number of hydrogen-bond acceptors (Lipinski definition) is 4. The topological polar surface area (TPSA) is 56.8 Å². The van der Waals surface area contributed by atoms with Crippen molar-refractivity contribution in [2.75, 3.05) is 20.8 Å². The summed E-state index contributed by atoms with van der Waals surface area (Å²) in [5.74, 6) is 1.87. The highest BCUT2D eigenvalue weighted by Gasteiger charge is 2.20. The van der Waals surface area contributed by atoms with E-state index in [1.807, 2.05) is 67.6 Å². The first kappa shape index (κ1) is 20.3. The summed E-state index contributed by atoms with van der Waals surface area (Å²) in [5.41, 5.74) is 2.37. The molecule has 0 saturated carbocycles. The summed E-state index contributed by atoms with van der Waals surface area (Å²) in [4.78, 5) is 13.0. The Morgan fingerprint density at radius 1 is 0.828 bits per heavy atom. The van der Waals surface area contributed by atoms with E-state index in [-0.39, 0.29) is 11.9 Å². The van der Waals surface area contributed by atoms with Gasteiger partial charge in [0.15, 0.2) is 0 Å². The van der Waals surface area contributed by atoms with Crippen LogP contribution in [-0.2, 0) is 0 Å². The van der Waals surface area contributed by atoms with Crippen molar-refractivity contribution in [2.24, 2.45) is 0 Å². The van der Waals surface area contributed by atoms with E-state index in [2.05, 4.69) is 5.32 Å². The monoisotopic (exact) mass is 391 g/mol. The Balaban J connectivity index is 1.94. The first-order valence-electron chi connectivity index (χ1n) is 9.46. The van der Waals surface area contributed by atoms with E-state index in [4.69, 9.17) is 14.2 Å². The summed E-state index contributed by atoms with van der Waals surface area (Å²) < 4.78 is 16.1. The molecule has 0 bridgehead atoms. The van der Waals surface area contributed by atoms with Crippen molar-refractivity contribution in [2.45, 2.75) is 13.0 Å². The minimum atomic E-state index is -0.339. The van der Waals surface area contributed by atoms with Crippen molar-refractivity contribution < 1.29 is 19.0 Å². The Morgan fingerprint density at radius 3 is 1.97 bits per heavy atom. The van der Waals surface area contributed by atoms with E-state index in [1.54, 1.807) is 26.4 Å². The summed E-state index contributed by atoms with van der Waals surface area (Å²) in [5, 5.41) is 3.13. The number of carbonyl (C=O) groups excluding carboxylic acids is 1. The van der Waals surface area contributed by atoms with Gasteiger partial charge in [-0.2, -0.15) is 0 Å². The molecule has 0 spiro atoms. The molecule has 0 radical (unpaired) electrons. The third-order valence-corrected chi connectivity index (χ3v) is 4.60. The number of methoxy groups -OCH3 is 2. The first-order valence-corrected chi connectivity index (χ1v) is 9.46. The van der Waals surface area contributed by atoms with Gasteiger partial charge in [0.25, 0.3) is 5.91 Å². The van der Waals surface area contributed by atoms with Crippen LogP contribution in [0.15, 0.2) is 72.8 Å². The van der Waals surface area contributed by atoms with Crippen molar-refractivity contribution in [3.63, 3.8) is 0 Å². The summed E-state index contributed by atoms with van der Waals surface area (Å²) in [6, 6.07) is 22.2. The number of nitrogens with one attached hydrogen (secondary N) is 1. The number of hydrogen-bond donors (Lipinski definition) is 1. The van der Waals surface area contributed by atoms with E-state index in [0.717, 1.165) is 22.6 Å². The quantitative estimate of drug-likeness (QED) is 0.609. The van der Waals surface area contributed by atoms with Gasteiger partial charge in [0, 0.05) is 0 Å². The fourth-order valence-electron chi connectivity index (χ4n) is 3.12. The molecule has 3 aromatic carbocycles. The molecule has 0 aromatic heterocycles. The first-order chi connectivity index (χ1) is 14.2. The Morgan fingerprint density at radius 2 is 1.41 bits per heavy atom. The van der Waals surface area contributed by atoms with Gasteiger partial charge in [-0.3, -0.25) is 4.79 Å². The molecule has 1 unspecified atom stereocenters. The molecule has 5 heteroatoms. The third-order valence-electron chi connectivity index (χ3n) is 4.60. The van der Waals surface area contributed by atoms with Gasteiger partial charge in [0.2, 0.25) is 0 Å². The van der Waals surface area contributed by atoms with Crippen LogP contribution in [0.2, 0.25) is 0 Å². The van der Waals surface area contributed by atoms with E-state index < -0.39 is 0 Å². The maximum absolute atomic E-state index is 13.0. The molecule has 0 fully saturated rings. The lowest BCUT2D eigenvalue weighted by Crippen LogP contribution is -2.29. The summed E-state index contributed by atoms with van der Waals surface area (Å²) >= 11 is 0. The molecule has 150 valence electrons. The average Bonchev–Trinajstić information content (AvgIpc) is 2.78. The number of benzene rings is 3. The van der Waals surface area contributed by atoms with Gasteiger partial charge in [0.05, 0.1) is 32.4 Å². The zero-order valence-electron chi connectivity index (χ0n) is 16.8. The van der Waals surface area contributed by atoms with Gasteiger partial charge in [-0.25, -0.2) is 0 Å². The molecule has 1 amide bonds. The highest BCUT2D eigenvalue weighted by atomic mass is 16.5. The molecule has 0 aliphatic heterocycles. The second kappa shape index (κ2) is 9.64. The molecular formula is C24H25NO4. The predicted molar refractivity (Wildman–Crippen MR) is 113 cm³/mol. The smallest absolute Gasteiger partial charge is 0.255 e. The van der Waals surface area contributed by atoms with Gasteiger partial charge in [-0.05, 0) is 54.4 Å². The summed E-state index contributed by atoms with van der Waals surface area (Å²) in [6.45, 7) is 2.55. The van der Waals surface area contributed by atoms with Crippen molar-refractivity contribution in [3.8, 4) is 17.2 Å². The zero-order valence-corrected chi connectivity index (χ0v) is 16.8. The largest absolute Gasteiger partial charge is 0.497 e. The molecule has 0 aliphatic carbocycles. The molecule has 29 heavy (non-hydrogen) atoms. The lowest BCUT2D eigenvalue weighted by atomic mass is 9.98. The highest BCUT2D eigenvalue weighted by molar-refractivity contribution is 5.97. The van der Waals surface area contributed by atoms with Crippen LogP contribution in [0.1, 0.15) is 34.5 Å². The fourth-order valence-corrected chi connectivity index (χ4v) is 3.12. The maximum Gasteiger partial charge on any atom is 0.255 e. The van der Waals surface area contributed by atoms with Crippen LogP contribution in [0.4, 0.5) is 0 Å². The van der Waals surface area contributed by atoms with Crippen LogP contribution >= 0.6 is 0 Å². The van der Waals surface area contributed by atoms with Crippen LogP contribution < -0.4 is 19.5 Å². The van der Waals surface area contributed by atoms with Crippen LogP contribution in [0.25, 0.3) is 0 Å². The molecule has 0 heterocycles. The molecule has 3 aromatic rings. The zero-order chi connectivity index (χ0) is 20.6. The van der Waals surface area contributed by atoms with Crippen LogP contribution in [0.3, 0.4) is 0 Å². The lowest BCUT2D eigenvalue weighted by molar-refractivity contribution is 0.0940. The molecular weight excluding hydrogens is 366 g/mol. The van der Waals surface area contributed by atoms with Gasteiger partial charge >= 0.3 is 0 Å². The number of carbonyl (C=O) groups is 1. The fraction of sp³-hybridized carbons (Fsp3) is 0.208.